The summed E-state index contributed by atoms with van der Waals surface area (Å²) >= 11 is 0. The summed E-state index contributed by atoms with van der Waals surface area (Å²) in [6.07, 6.45) is 6.00. The van der Waals surface area contributed by atoms with Crippen LogP contribution >= 0.6 is 0 Å². The molecule has 0 N–H and O–H groups in total. The molecular weight excluding hydrogens is 124 g/mol. The van der Waals surface area contributed by atoms with E-state index in [1.165, 1.54) is 12.8 Å². The van der Waals surface area contributed by atoms with E-state index < -0.39 is 0 Å². The first kappa shape index (κ1) is 7.45. The lowest BCUT2D eigenvalue weighted by atomic mass is 9.96. The van der Waals surface area contributed by atoms with Crippen LogP contribution in [0, 0.1) is 5.92 Å². The summed E-state index contributed by atoms with van der Waals surface area (Å²) in [4.78, 5) is 8.20. The van der Waals surface area contributed by atoms with Gasteiger partial charge in [0, 0.05) is 6.21 Å². The predicted octanol–water partition coefficient (Wildman–Crippen LogP) is 1.90. The molecule has 1 unspecified atom stereocenters. The Hall–Kier alpha value is -0.660. The van der Waals surface area contributed by atoms with Gasteiger partial charge in [0.15, 0.2) is 0 Å². The van der Waals surface area contributed by atoms with Gasteiger partial charge >= 0.3 is 0 Å². The number of nitrogens with zero attached hydrogens (tertiary/aromatic N) is 2. The smallest absolute Gasteiger partial charge is 0.110 e. The van der Waals surface area contributed by atoms with Crippen molar-refractivity contribution in [2.45, 2.75) is 32.7 Å². The fraction of sp³-hybridized carbons (Fsp3) is 0.750. The number of hydrogen-bond donors (Lipinski definition) is 0. The third kappa shape index (κ3) is 1.43. The standard InChI is InChI=1S/C8H14N2/c1-3-7(4-2)8-5-9-6-10-8/h5-8H,3-4H2,1-2H3. The zero-order valence-electron chi connectivity index (χ0n) is 6.62. The Labute approximate surface area is 62.1 Å². The van der Waals surface area contributed by atoms with Crippen molar-refractivity contribution in [2.24, 2.45) is 15.9 Å². The van der Waals surface area contributed by atoms with Crippen LogP contribution in [0.15, 0.2) is 9.98 Å². The summed E-state index contributed by atoms with van der Waals surface area (Å²) < 4.78 is 0. The zero-order valence-corrected chi connectivity index (χ0v) is 6.62. The molecule has 0 radical (unpaired) electrons. The number of rotatable bonds is 3. The first-order valence-electron chi connectivity index (χ1n) is 3.93. The highest BCUT2D eigenvalue weighted by Crippen LogP contribution is 2.16. The van der Waals surface area contributed by atoms with Crippen molar-refractivity contribution in [1.29, 1.82) is 0 Å². The molecule has 2 heteroatoms. The molecule has 1 aliphatic rings. The minimum Gasteiger partial charge on any atom is -0.264 e. The van der Waals surface area contributed by atoms with Crippen LogP contribution in [0.5, 0.6) is 0 Å². The molecule has 0 aromatic carbocycles. The van der Waals surface area contributed by atoms with E-state index in [0.29, 0.717) is 12.0 Å². The first-order valence-corrected chi connectivity index (χ1v) is 3.93. The van der Waals surface area contributed by atoms with Crippen molar-refractivity contribution < 1.29 is 0 Å². The molecule has 0 aromatic rings. The molecule has 1 aliphatic heterocycles. The molecule has 0 spiro atoms. The molecule has 0 amide bonds. The highest BCUT2D eigenvalue weighted by molar-refractivity contribution is 5.82. The molecule has 0 bridgehead atoms. The minimum absolute atomic E-state index is 0.370. The molecule has 56 valence electrons. The molecule has 0 aliphatic carbocycles. The molecule has 0 fully saturated rings. The predicted molar refractivity (Wildman–Crippen MR) is 44.8 cm³/mol. The molecule has 10 heavy (non-hydrogen) atoms. The van der Waals surface area contributed by atoms with Crippen LogP contribution in [0.4, 0.5) is 0 Å². The van der Waals surface area contributed by atoms with E-state index in [0.717, 1.165) is 0 Å². The molecule has 0 saturated carbocycles. The molecule has 0 saturated heterocycles. The SMILES string of the molecule is CCC(CC)C1C=NC=N1. The maximum atomic E-state index is 4.23. The highest BCUT2D eigenvalue weighted by Gasteiger charge is 2.16. The van der Waals surface area contributed by atoms with Gasteiger partial charge in [-0.25, -0.2) is 4.99 Å². The van der Waals surface area contributed by atoms with E-state index in [-0.39, 0.29) is 0 Å². The Bertz CT molecular complexity index is 133. The molecular formula is C8H14N2. The summed E-state index contributed by atoms with van der Waals surface area (Å²) in [5, 5.41) is 0. The van der Waals surface area contributed by atoms with Gasteiger partial charge in [-0.15, -0.1) is 0 Å². The summed E-state index contributed by atoms with van der Waals surface area (Å²) in [7, 11) is 0. The van der Waals surface area contributed by atoms with Gasteiger partial charge < -0.3 is 0 Å². The number of aliphatic imine (C=N–C) groups is 2. The van der Waals surface area contributed by atoms with E-state index >= 15 is 0 Å². The topological polar surface area (TPSA) is 24.7 Å². The summed E-state index contributed by atoms with van der Waals surface area (Å²) in [6.45, 7) is 4.41. The van der Waals surface area contributed by atoms with Gasteiger partial charge in [-0.2, -0.15) is 0 Å². The van der Waals surface area contributed by atoms with Crippen LogP contribution in [-0.2, 0) is 0 Å². The van der Waals surface area contributed by atoms with Gasteiger partial charge in [0.1, 0.15) is 6.34 Å². The average molecular weight is 138 g/mol. The zero-order chi connectivity index (χ0) is 7.40. The van der Waals surface area contributed by atoms with Crippen molar-refractivity contribution in [3.63, 3.8) is 0 Å². The van der Waals surface area contributed by atoms with E-state index in [9.17, 15) is 0 Å². The summed E-state index contributed by atoms with van der Waals surface area (Å²) in [6, 6.07) is 0.370. The second-order valence-electron chi connectivity index (χ2n) is 2.63. The van der Waals surface area contributed by atoms with Gasteiger partial charge in [0.25, 0.3) is 0 Å². The second-order valence-corrected chi connectivity index (χ2v) is 2.63. The van der Waals surface area contributed by atoms with Gasteiger partial charge in [-0.1, -0.05) is 26.7 Å². The second kappa shape index (κ2) is 3.49. The van der Waals surface area contributed by atoms with Crippen LogP contribution in [0.25, 0.3) is 0 Å². The van der Waals surface area contributed by atoms with E-state index in [2.05, 4.69) is 23.8 Å². The third-order valence-electron chi connectivity index (χ3n) is 2.08. The van der Waals surface area contributed by atoms with Crippen molar-refractivity contribution in [3.8, 4) is 0 Å². The van der Waals surface area contributed by atoms with Crippen molar-refractivity contribution in [3.05, 3.63) is 0 Å². The summed E-state index contributed by atoms with van der Waals surface area (Å²) in [5.41, 5.74) is 0. The van der Waals surface area contributed by atoms with Crippen LogP contribution in [0.2, 0.25) is 0 Å². The molecule has 0 aromatic heterocycles. The third-order valence-corrected chi connectivity index (χ3v) is 2.08. The Kier molecular flexibility index (Phi) is 2.60. The lowest BCUT2D eigenvalue weighted by Crippen LogP contribution is -2.16. The number of hydrogen-bond acceptors (Lipinski definition) is 2. The van der Waals surface area contributed by atoms with Crippen molar-refractivity contribution in [2.75, 3.05) is 0 Å². The van der Waals surface area contributed by atoms with Crippen LogP contribution in [0.3, 0.4) is 0 Å². The fourth-order valence-electron chi connectivity index (χ4n) is 1.30. The molecule has 2 nitrogen and oxygen atoms in total. The van der Waals surface area contributed by atoms with Gasteiger partial charge in [0.05, 0.1) is 6.04 Å². The summed E-state index contributed by atoms with van der Waals surface area (Å²) in [5.74, 6) is 0.697. The van der Waals surface area contributed by atoms with E-state index in [1.807, 2.05) is 6.21 Å². The largest absolute Gasteiger partial charge is 0.264 e. The Morgan fingerprint density at radius 2 is 2.10 bits per heavy atom. The Balaban J connectivity index is 2.45. The normalized spacial score (nSPS) is 22.9. The van der Waals surface area contributed by atoms with Gasteiger partial charge in [0.2, 0.25) is 0 Å². The van der Waals surface area contributed by atoms with Crippen molar-refractivity contribution >= 4 is 12.6 Å². The van der Waals surface area contributed by atoms with Gasteiger partial charge in [-0.3, -0.25) is 4.99 Å². The molecule has 1 heterocycles. The maximum Gasteiger partial charge on any atom is 0.110 e. The first-order chi connectivity index (χ1) is 4.88. The van der Waals surface area contributed by atoms with E-state index in [4.69, 9.17) is 0 Å². The van der Waals surface area contributed by atoms with Crippen LogP contribution in [0.1, 0.15) is 26.7 Å². The highest BCUT2D eigenvalue weighted by atomic mass is 15.0. The Morgan fingerprint density at radius 1 is 1.40 bits per heavy atom. The van der Waals surface area contributed by atoms with Crippen LogP contribution in [-0.4, -0.2) is 18.6 Å². The van der Waals surface area contributed by atoms with Crippen molar-refractivity contribution in [1.82, 2.24) is 0 Å². The maximum absolute atomic E-state index is 4.23. The Morgan fingerprint density at radius 3 is 2.50 bits per heavy atom. The monoisotopic (exact) mass is 138 g/mol. The quantitative estimate of drug-likeness (QED) is 0.569. The molecule has 1 atom stereocenters. The van der Waals surface area contributed by atoms with Crippen LogP contribution < -0.4 is 0 Å². The average Bonchev–Trinajstić information content (AvgIpc) is 2.43. The lowest BCUT2D eigenvalue weighted by Gasteiger charge is -2.14. The fourth-order valence-corrected chi connectivity index (χ4v) is 1.30. The van der Waals surface area contributed by atoms with E-state index in [1.54, 1.807) is 6.34 Å². The lowest BCUT2D eigenvalue weighted by molar-refractivity contribution is 0.470. The minimum atomic E-state index is 0.370. The van der Waals surface area contributed by atoms with Gasteiger partial charge in [-0.05, 0) is 5.92 Å². The molecule has 1 rings (SSSR count).